The molecule has 0 saturated carbocycles. The maximum absolute atomic E-state index is 12.0. The molecule has 2 atom stereocenters. The number of carbonyl (C=O) groups is 3. The highest BCUT2D eigenvalue weighted by molar-refractivity contribution is 5.99. The Balaban J connectivity index is 0.000000771. The summed E-state index contributed by atoms with van der Waals surface area (Å²) < 4.78 is 4.81. The lowest BCUT2D eigenvalue weighted by atomic mass is 9.98. The van der Waals surface area contributed by atoms with E-state index in [0.29, 0.717) is 19.4 Å². The molecule has 2 aliphatic rings. The van der Waals surface area contributed by atoms with Gasteiger partial charge in [0.15, 0.2) is 0 Å². The maximum Gasteiger partial charge on any atom is 0.293 e. The lowest BCUT2D eigenvalue weighted by molar-refractivity contribution is -0.151. The molecule has 6 nitrogen and oxygen atoms in total. The molecule has 0 spiro atoms. The Morgan fingerprint density at radius 3 is 2.56 bits per heavy atom. The fraction of sp³-hybridized carbons (Fsp3) is 0.750. The lowest BCUT2D eigenvalue weighted by Crippen LogP contribution is -2.66. The number of nitrogens with zero attached hydrogens (tertiary/aromatic N) is 1. The van der Waals surface area contributed by atoms with Crippen LogP contribution in [0.15, 0.2) is 0 Å². The minimum Gasteiger partial charge on any atom is -0.463 e. The standard InChI is InChI=1S/C10H14N2O4.C2H6/c1-10(2)9(15)12-4-6(16-5-13)3-7(12)8(14)11-10;1-2/h5-7H,3-4H2,1-2H3,(H,11,14);1-2H3. The summed E-state index contributed by atoms with van der Waals surface area (Å²) in [7, 11) is 0. The summed E-state index contributed by atoms with van der Waals surface area (Å²) in [6.07, 6.45) is 0.0120. The van der Waals surface area contributed by atoms with Crippen molar-refractivity contribution in [3.05, 3.63) is 0 Å². The zero-order valence-corrected chi connectivity index (χ0v) is 11.2. The Labute approximate surface area is 107 Å². The van der Waals surface area contributed by atoms with Gasteiger partial charge in [-0.25, -0.2) is 0 Å². The van der Waals surface area contributed by atoms with Gasteiger partial charge in [0.2, 0.25) is 11.8 Å². The van der Waals surface area contributed by atoms with Crippen molar-refractivity contribution in [2.45, 2.75) is 51.8 Å². The Hall–Kier alpha value is -1.59. The quantitative estimate of drug-likeness (QED) is 0.709. The first-order valence-electron chi connectivity index (χ1n) is 6.18. The molecule has 0 radical (unpaired) electrons. The van der Waals surface area contributed by atoms with E-state index in [0.717, 1.165) is 0 Å². The van der Waals surface area contributed by atoms with Crippen molar-refractivity contribution in [2.24, 2.45) is 0 Å². The van der Waals surface area contributed by atoms with Gasteiger partial charge in [-0.05, 0) is 13.8 Å². The summed E-state index contributed by atoms with van der Waals surface area (Å²) in [5.41, 5.74) is -0.871. The average Bonchev–Trinajstić information content (AvgIpc) is 2.73. The van der Waals surface area contributed by atoms with Crippen LogP contribution in [-0.4, -0.2) is 47.4 Å². The number of rotatable bonds is 2. The van der Waals surface area contributed by atoms with Gasteiger partial charge in [0.25, 0.3) is 6.47 Å². The number of piperazine rings is 1. The van der Waals surface area contributed by atoms with Crippen LogP contribution in [-0.2, 0) is 19.1 Å². The molecule has 0 aliphatic carbocycles. The molecule has 2 heterocycles. The van der Waals surface area contributed by atoms with E-state index in [1.54, 1.807) is 13.8 Å². The summed E-state index contributed by atoms with van der Waals surface area (Å²) >= 11 is 0. The third kappa shape index (κ3) is 2.47. The molecule has 2 rings (SSSR count). The van der Waals surface area contributed by atoms with Gasteiger partial charge in [-0.15, -0.1) is 0 Å². The minimum absolute atomic E-state index is 0.130. The van der Waals surface area contributed by atoms with E-state index < -0.39 is 11.6 Å². The number of amides is 2. The Morgan fingerprint density at radius 2 is 2.00 bits per heavy atom. The van der Waals surface area contributed by atoms with E-state index in [2.05, 4.69) is 5.32 Å². The van der Waals surface area contributed by atoms with Crippen LogP contribution in [0, 0.1) is 0 Å². The number of hydrogen-bond donors (Lipinski definition) is 1. The first-order chi connectivity index (χ1) is 8.45. The van der Waals surface area contributed by atoms with Crippen molar-refractivity contribution >= 4 is 18.3 Å². The van der Waals surface area contributed by atoms with Crippen LogP contribution in [0.2, 0.25) is 0 Å². The highest BCUT2D eigenvalue weighted by Gasteiger charge is 2.50. The first kappa shape index (κ1) is 14.5. The zero-order chi connectivity index (χ0) is 13.9. The maximum atomic E-state index is 12.0. The molecule has 2 saturated heterocycles. The smallest absolute Gasteiger partial charge is 0.293 e. The van der Waals surface area contributed by atoms with Gasteiger partial charge in [-0.2, -0.15) is 0 Å². The van der Waals surface area contributed by atoms with Gasteiger partial charge in [0.05, 0.1) is 6.54 Å². The molecule has 0 aromatic rings. The second-order valence-electron chi connectivity index (χ2n) is 4.68. The molecule has 18 heavy (non-hydrogen) atoms. The minimum atomic E-state index is -0.871. The average molecular weight is 256 g/mol. The van der Waals surface area contributed by atoms with Gasteiger partial charge in [0, 0.05) is 6.42 Å². The monoisotopic (exact) mass is 256 g/mol. The lowest BCUT2D eigenvalue weighted by Gasteiger charge is -2.38. The molecule has 0 aromatic carbocycles. The molecule has 1 N–H and O–H groups in total. The van der Waals surface area contributed by atoms with Crippen molar-refractivity contribution in [1.82, 2.24) is 10.2 Å². The van der Waals surface area contributed by atoms with Crippen LogP contribution in [0.25, 0.3) is 0 Å². The van der Waals surface area contributed by atoms with Crippen molar-refractivity contribution in [2.75, 3.05) is 6.54 Å². The summed E-state index contributed by atoms with van der Waals surface area (Å²) in [6, 6.07) is -0.495. The highest BCUT2D eigenvalue weighted by atomic mass is 16.5. The molecule has 102 valence electrons. The van der Waals surface area contributed by atoms with Gasteiger partial charge in [0.1, 0.15) is 17.7 Å². The van der Waals surface area contributed by atoms with E-state index in [1.165, 1.54) is 4.90 Å². The summed E-state index contributed by atoms with van der Waals surface area (Å²) in [5.74, 6) is -0.310. The van der Waals surface area contributed by atoms with Crippen molar-refractivity contribution in [1.29, 1.82) is 0 Å². The van der Waals surface area contributed by atoms with E-state index in [9.17, 15) is 14.4 Å². The predicted molar refractivity (Wildman–Crippen MR) is 64.6 cm³/mol. The van der Waals surface area contributed by atoms with Crippen molar-refractivity contribution in [3.63, 3.8) is 0 Å². The fourth-order valence-electron chi connectivity index (χ4n) is 2.25. The number of nitrogens with one attached hydrogen (secondary N) is 1. The van der Waals surface area contributed by atoms with Crippen molar-refractivity contribution < 1.29 is 19.1 Å². The molecular weight excluding hydrogens is 236 g/mol. The molecule has 6 heteroatoms. The normalized spacial score (nSPS) is 28.8. The third-order valence-corrected chi connectivity index (χ3v) is 3.04. The van der Waals surface area contributed by atoms with Crippen LogP contribution >= 0.6 is 0 Å². The Bertz CT molecular complexity index is 354. The molecule has 0 bridgehead atoms. The summed E-state index contributed by atoms with van der Waals surface area (Å²) in [4.78, 5) is 35.5. The van der Waals surface area contributed by atoms with E-state index in [4.69, 9.17) is 4.74 Å². The molecule has 2 unspecified atom stereocenters. The van der Waals surface area contributed by atoms with E-state index >= 15 is 0 Å². The second-order valence-corrected chi connectivity index (χ2v) is 4.68. The predicted octanol–water partition coefficient (Wildman–Crippen LogP) is 0.0635. The molecular formula is C12H20N2O4. The van der Waals surface area contributed by atoms with Crippen LogP contribution in [0.4, 0.5) is 0 Å². The Morgan fingerprint density at radius 1 is 1.39 bits per heavy atom. The van der Waals surface area contributed by atoms with Gasteiger partial charge in [-0.1, -0.05) is 13.8 Å². The van der Waals surface area contributed by atoms with Crippen molar-refractivity contribution in [3.8, 4) is 0 Å². The Kier molecular flexibility index (Phi) is 4.32. The molecule has 2 fully saturated rings. The molecule has 2 aliphatic heterocycles. The molecule has 2 amide bonds. The van der Waals surface area contributed by atoms with Gasteiger partial charge < -0.3 is 15.0 Å². The molecule has 0 aromatic heterocycles. The van der Waals surface area contributed by atoms with Crippen LogP contribution in [0.5, 0.6) is 0 Å². The summed E-state index contributed by atoms with van der Waals surface area (Å²) in [5, 5.41) is 2.67. The highest BCUT2D eigenvalue weighted by Crippen LogP contribution is 2.27. The van der Waals surface area contributed by atoms with Gasteiger partial charge >= 0.3 is 0 Å². The zero-order valence-electron chi connectivity index (χ0n) is 11.2. The van der Waals surface area contributed by atoms with Crippen LogP contribution < -0.4 is 5.32 Å². The van der Waals surface area contributed by atoms with E-state index in [1.807, 2.05) is 13.8 Å². The topological polar surface area (TPSA) is 75.7 Å². The van der Waals surface area contributed by atoms with Crippen LogP contribution in [0.1, 0.15) is 34.1 Å². The SMILES string of the molecule is CC.CC1(C)NC(=O)C2CC(OC=O)CN2C1=O. The summed E-state index contributed by atoms with van der Waals surface area (Å²) in [6.45, 7) is 7.99. The first-order valence-corrected chi connectivity index (χ1v) is 6.18. The second kappa shape index (κ2) is 5.37. The number of carbonyl (C=O) groups excluding carboxylic acids is 3. The number of fused-ring (bicyclic) bond motifs is 1. The third-order valence-electron chi connectivity index (χ3n) is 3.04. The fourth-order valence-corrected chi connectivity index (χ4v) is 2.25. The largest absolute Gasteiger partial charge is 0.463 e. The number of hydrogen-bond acceptors (Lipinski definition) is 4. The van der Waals surface area contributed by atoms with E-state index in [-0.39, 0.29) is 17.9 Å². The van der Waals surface area contributed by atoms with Crippen LogP contribution in [0.3, 0.4) is 0 Å². The number of ether oxygens (including phenoxy) is 1. The van der Waals surface area contributed by atoms with Gasteiger partial charge in [-0.3, -0.25) is 14.4 Å².